The van der Waals surface area contributed by atoms with Gasteiger partial charge in [0.2, 0.25) is 0 Å². The highest BCUT2D eigenvalue weighted by Gasteiger charge is 2.36. The van der Waals surface area contributed by atoms with E-state index in [1.807, 2.05) is 29.6 Å². The largest absolute Gasteiger partial charge is 0.481 e. The zero-order valence-corrected chi connectivity index (χ0v) is 12.7. The van der Waals surface area contributed by atoms with Crippen LogP contribution < -0.4 is 0 Å². The van der Waals surface area contributed by atoms with Crippen LogP contribution in [-0.2, 0) is 9.59 Å². The Hall–Kier alpha value is -2.40. The third kappa shape index (κ3) is 2.33. The van der Waals surface area contributed by atoms with Gasteiger partial charge in [-0.05, 0) is 53.4 Å². The molecule has 0 spiro atoms. The molecule has 1 aromatic carbocycles. The maximum Gasteiger partial charge on any atom is 0.332 e. The minimum atomic E-state index is -1.18. The van der Waals surface area contributed by atoms with Gasteiger partial charge < -0.3 is 10.2 Å². The molecule has 1 aliphatic rings. The van der Waals surface area contributed by atoms with E-state index >= 15 is 0 Å². The van der Waals surface area contributed by atoms with Crippen LogP contribution in [-0.4, -0.2) is 22.2 Å². The summed E-state index contributed by atoms with van der Waals surface area (Å²) in [6.45, 7) is 1.54. The summed E-state index contributed by atoms with van der Waals surface area (Å²) in [6.07, 6.45) is 3.18. The average Bonchev–Trinajstić information content (AvgIpc) is 2.94. The van der Waals surface area contributed by atoms with Crippen molar-refractivity contribution in [2.24, 2.45) is 5.41 Å². The molecule has 0 amide bonds. The number of hydrogen-bond donors (Lipinski definition) is 2. The zero-order chi connectivity index (χ0) is 15.9. The molecule has 1 atom stereocenters. The van der Waals surface area contributed by atoms with E-state index in [0.29, 0.717) is 5.57 Å². The minimum Gasteiger partial charge on any atom is -0.481 e. The normalized spacial score (nSPS) is 21.3. The molecule has 5 heteroatoms. The lowest BCUT2D eigenvalue weighted by Crippen LogP contribution is -2.29. The van der Waals surface area contributed by atoms with Gasteiger partial charge in [-0.25, -0.2) is 4.79 Å². The lowest BCUT2D eigenvalue weighted by Gasteiger charge is -2.26. The predicted molar refractivity (Wildman–Crippen MR) is 85.9 cm³/mol. The number of carboxylic acids is 2. The second kappa shape index (κ2) is 5.10. The van der Waals surface area contributed by atoms with Crippen LogP contribution in [0.15, 0.2) is 47.4 Å². The van der Waals surface area contributed by atoms with E-state index < -0.39 is 17.4 Å². The van der Waals surface area contributed by atoms with Crippen LogP contribution in [0.25, 0.3) is 15.7 Å². The highest BCUT2D eigenvalue weighted by molar-refractivity contribution is 7.17. The smallest absolute Gasteiger partial charge is 0.332 e. The second-order valence-corrected chi connectivity index (χ2v) is 6.55. The van der Waals surface area contributed by atoms with E-state index in [0.717, 1.165) is 15.6 Å². The van der Waals surface area contributed by atoms with Crippen molar-refractivity contribution in [1.82, 2.24) is 0 Å². The van der Waals surface area contributed by atoms with E-state index in [2.05, 4.69) is 0 Å². The summed E-state index contributed by atoms with van der Waals surface area (Å²) in [5.74, 6) is -2.09. The van der Waals surface area contributed by atoms with Crippen molar-refractivity contribution >= 4 is 38.9 Å². The minimum absolute atomic E-state index is 0.0226. The maximum atomic E-state index is 11.6. The highest BCUT2D eigenvalue weighted by Crippen LogP contribution is 2.39. The average molecular weight is 314 g/mol. The Balaban J connectivity index is 2.12. The van der Waals surface area contributed by atoms with Crippen molar-refractivity contribution < 1.29 is 19.8 Å². The Morgan fingerprint density at radius 3 is 2.68 bits per heavy atom. The first kappa shape index (κ1) is 14.5. The molecule has 0 bridgehead atoms. The summed E-state index contributed by atoms with van der Waals surface area (Å²) in [6, 6.07) is 7.77. The fraction of sp³-hybridized carbons (Fsp3) is 0.176. The summed E-state index contributed by atoms with van der Waals surface area (Å²) in [4.78, 5) is 22.9. The molecular weight excluding hydrogens is 300 g/mol. The third-order valence-corrected chi connectivity index (χ3v) is 4.89. The Morgan fingerprint density at radius 1 is 1.23 bits per heavy atom. The Bertz CT molecular complexity index is 843. The van der Waals surface area contributed by atoms with Crippen LogP contribution in [0.3, 0.4) is 0 Å². The van der Waals surface area contributed by atoms with Crippen molar-refractivity contribution in [2.45, 2.75) is 13.3 Å². The molecule has 112 valence electrons. The quantitative estimate of drug-likeness (QED) is 0.904. The van der Waals surface area contributed by atoms with Gasteiger partial charge in [0.05, 0.1) is 5.41 Å². The predicted octanol–water partition coefficient (Wildman–Crippen LogP) is 3.79. The number of benzene rings is 1. The van der Waals surface area contributed by atoms with E-state index in [9.17, 15) is 19.8 Å². The summed E-state index contributed by atoms with van der Waals surface area (Å²) >= 11 is 1.63. The molecule has 22 heavy (non-hydrogen) atoms. The maximum absolute atomic E-state index is 11.6. The van der Waals surface area contributed by atoms with Crippen molar-refractivity contribution in [1.29, 1.82) is 0 Å². The Morgan fingerprint density at radius 2 is 2.00 bits per heavy atom. The molecule has 0 fully saturated rings. The molecule has 4 nitrogen and oxygen atoms in total. The monoisotopic (exact) mass is 314 g/mol. The van der Waals surface area contributed by atoms with Crippen molar-refractivity contribution in [3.05, 3.63) is 52.9 Å². The van der Waals surface area contributed by atoms with E-state index in [1.54, 1.807) is 23.5 Å². The summed E-state index contributed by atoms with van der Waals surface area (Å²) in [7, 11) is 0. The molecule has 0 aliphatic heterocycles. The number of aliphatic carboxylic acids is 2. The molecule has 0 saturated carbocycles. The molecule has 1 heterocycles. The fourth-order valence-electron chi connectivity index (χ4n) is 2.63. The number of fused-ring (bicyclic) bond motifs is 1. The van der Waals surface area contributed by atoms with Crippen molar-refractivity contribution in [3.63, 3.8) is 0 Å². The van der Waals surface area contributed by atoms with Crippen LogP contribution >= 0.6 is 11.3 Å². The van der Waals surface area contributed by atoms with Gasteiger partial charge in [-0.3, -0.25) is 4.79 Å². The third-order valence-electron chi connectivity index (χ3n) is 4.00. The van der Waals surface area contributed by atoms with Gasteiger partial charge >= 0.3 is 11.9 Å². The first-order valence-corrected chi connectivity index (χ1v) is 7.65. The molecule has 1 aliphatic carbocycles. The van der Waals surface area contributed by atoms with E-state index in [4.69, 9.17) is 0 Å². The van der Waals surface area contributed by atoms with Gasteiger partial charge in [-0.2, -0.15) is 0 Å². The standard InChI is InChI=1S/C17H14O4S/c1-17(16(20)21)6-4-12(13(9-17)15(18)19)10-2-3-14-11(8-10)5-7-22-14/h2-8H,9H2,1H3,(H,18,19)(H,20,21). The number of rotatable bonds is 3. The Labute approximate surface area is 131 Å². The van der Waals surface area contributed by atoms with Crippen molar-refractivity contribution in [2.75, 3.05) is 0 Å². The SMILES string of the molecule is CC1(C(=O)O)C=CC(c2ccc3sccc3c2)=C(C(=O)O)C1. The molecule has 2 aromatic rings. The van der Waals surface area contributed by atoms with Gasteiger partial charge in [0.25, 0.3) is 0 Å². The van der Waals surface area contributed by atoms with Gasteiger partial charge in [0.15, 0.2) is 0 Å². The second-order valence-electron chi connectivity index (χ2n) is 5.60. The van der Waals surface area contributed by atoms with Crippen molar-refractivity contribution in [3.8, 4) is 0 Å². The fourth-order valence-corrected chi connectivity index (χ4v) is 3.40. The lowest BCUT2D eigenvalue weighted by atomic mass is 9.76. The summed E-state index contributed by atoms with van der Waals surface area (Å²) in [5, 5.41) is 21.8. The number of allylic oxidation sites excluding steroid dienone is 2. The summed E-state index contributed by atoms with van der Waals surface area (Å²) < 4.78 is 1.14. The van der Waals surface area contributed by atoms with Crippen LogP contribution in [0.5, 0.6) is 0 Å². The van der Waals surface area contributed by atoms with Crippen LogP contribution in [0.4, 0.5) is 0 Å². The van der Waals surface area contributed by atoms with Gasteiger partial charge in [-0.15, -0.1) is 11.3 Å². The van der Waals surface area contributed by atoms with Crippen LogP contribution in [0.2, 0.25) is 0 Å². The molecular formula is C17H14O4S. The number of thiophene rings is 1. The van der Waals surface area contributed by atoms with Crippen LogP contribution in [0, 0.1) is 5.41 Å². The van der Waals surface area contributed by atoms with Gasteiger partial charge in [0.1, 0.15) is 0 Å². The van der Waals surface area contributed by atoms with Gasteiger partial charge in [0, 0.05) is 10.3 Å². The molecule has 0 saturated heterocycles. The molecule has 1 aromatic heterocycles. The molecule has 2 N–H and O–H groups in total. The summed E-state index contributed by atoms with van der Waals surface area (Å²) in [5.41, 5.74) is 0.345. The van der Waals surface area contributed by atoms with E-state index in [-0.39, 0.29) is 12.0 Å². The Kier molecular flexibility index (Phi) is 3.37. The topological polar surface area (TPSA) is 74.6 Å². The highest BCUT2D eigenvalue weighted by atomic mass is 32.1. The molecule has 1 unspecified atom stereocenters. The number of hydrogen-bond acceptors (Lipinski definition) is 3. The van der Waals surface area contributed by atoms with E-state index in [1.165, 1.54) is 6.92 Å². The number of carboxylic acid groups (broad SMARTS) is 2. The zero-order valence-electron chi connectivity index (χ0n) is 11.9. The first-order chi connectivity index (χ1) is 10.4. The lowest BCUT2D eigenvalue weighted by molar-refractivity contribution is -0.145. The number of carbonyl (C=O) groups is 2. The molecule has 3 rings (SSSR count). The first-order valence-electron chi connectivity index (χ1n) is 6.77. The van der Waals surface area contributed by atoms with Crippen LogP contribution in [0.1, 0.15) is 18.9 Å². The molecule has 0 radical (unpaired) electrons. The van der Waals surface area contributed by atoms with Gasteiger partial charge in [-0.1, -0.05) is 18.2 Å².